The van der Waals surface area contributed by atoms with Gasteiger partial charge < -0.3 is 4.74 Å². The lowest BCUT2D eigenvalue weighted by atomic mass is 9.62. The first-order chi connectivity index (χ1) is 8.53. The highest BCUT2D eigenvalue weighted by molar-refractivity contribution is 9.09. The first kappa shape index (κ1) is 14.5. The molecule has 4 heteroatoms. The monoisotopic (exact) mass is 350 g/mol. The second-order valence-electron chi connectivity index (χ2n) is 4.83. The van der Waals surface area contributed by atoms with E-state index in [0.717, 1.165) is 25.0 Å². The number of ether oxygens (including phenoxy) is 1. The van der Waals surface area contributed by atoms with Gasteiger partial charge in [0.2, 0.25) is 0 Å². The number of benzene rings is 1. The van der Waals surface area contributed by atoms with Crippen molar-refractivity contribution in [2.75, 3.05) is 0 Å². The number of hydrogen-bond donors (Lipinski definition) is 0. The molecule has 1 saturated carbocycles. The molecule has 1 aromatic rings. The topological polar surface area (TPSA) is 9.23 Å². The van der Waals surface area contributed by atoms with Crippen LogP contribution >= 0.6 is 39.1 Å². The highest BCUT2D eigenvalue weighted by Crippen LogP contribution is 2.52. The predicted octanol–water partition coefficient (Wildman–Crippen LogP) is 5.71. The smallest absolute Gasteiger partial charge is 0.121 e. The molecule has 18 heavy (non-hydrogen) atoms. The van der Waals surface area contributed by atoms with Crippen molar-refractivity contribution in [2.45, 2.75) is 44.0 Å². The Balaban J connectivity index is 2.12. The van der Waals surface area contributed by atoms with Gasteiger partial charge in [-0.1, -0.05) is 53.0 Å². The van der Waals surface area contributed by atoms with Gasteiger partial charge in [0.1, 0.15) is 11.9 Å². The lowest BCUT2D eigenvalue weighted by molar-refractivity contribution is -0.0410. The average Bonchev–Trinajstić information content (AvgIpc) is 2.35. The van der Waals surface area contributed by atoms with Gasteiger partial charge in [0, 0.05) is 16.3 Å². The highest BCUT2D eigenvalue weighted by Gasteiger charge is 2.53. The van der Waals surface area contributed by atoms with E-state index in [9.17, 15) is 0 Å². The van der Waals surface area contributed by atoms with Gasteiger partial charge in [-0.05, 0) is 31.4 Å². The van der Waals surface area contributed by atoms with Crippen molar-refractivity contribution in [1.29, 1.82) is 0 Å². The predicted molar refractivity (Wildman–Crippen MR) is 81.2 cm³/mol. The molecule has 0 aliphatic heterocycles. The Morgan fingerprint density at radius 1 is 1.28 bits per heavy atom. The van der Waals surface area contributed by atoms with Gasteiger partial charge in [0.15, 0.2) is 0 Å². The zero-order valence-corrected chi connectivity index (χ0v) is 13.6. The fourth-order valence-electron chi connectivity index (χ4n) is 2.73. The molecule has 0 saturated heterocycles. The fraction of sp³-hybridized carbons (Fsp3) is 0.571. The van der Waals surface area contributed by atoms with E-state index in [-0.39, 0.29) is 11.5 Å². The van der Waals surface area contributed by atoms with E-state index in [1.165, 1.54) is 0 Å². The molecule has 0 aromatic heterocycles. The lowest BCUT2D eigenvalue weighted by Crippen LogP contribution is -2.56. The van der Waals surface area contributed by atoms with Crippen molar-refractivity contribution in [1.82, 2.24) is 0 Å². The van der Waals surface area contributed by atoms with Gasteiger partial charge in [-0.25, -0.2) is 0 Å². The normalized spacial score (nSPS) is 25.6. The van der Waals surface area contributed by atoms with Crippen LogP contribution in [0.5, 0.6) is 5.75 Å². The standard InChI is InChI=1S/C14H17BrCl2O/c1-3-14(4-2)12(15)8-13(14)18-9-5-6-10(16)11(17)7-9/h5-7,12-13H,3-4,8H2,1-2H3. The van der Waals surface area contributed by atoms with E-state index in [0.29, 0.717) is 14.9 Å². The summed E-state index contributed by atoms with van der Waals surface area (Å²) in [5.74, 6) is 0.806. The highest BCUT2D eigenvalue weighted by atomic mass is 79.9. The van der Waals surface area contributed by atoms with Crippen molar-refractivity contribution in [2.24, 2.45) is 5.41 Å². The molecule has 1 aliphatic rings. The molecule has 0 N–H and O–H groups in total. The van der Waals surface area contributed by atoms with Gasteiger partial charge in [0.05, 0.1) is 10.0 Å². The summed E-state index contributed by atoms with van der Waals surface area (Å²) in [6.07, 6.45) is 3.53. The van der Waals surface area contributed by atoms with Gasteiger partial charge in [-0.2, -0.15) is 0 Å². The molecule has 2 unspecified atom stereocenters. The molecule has 1 nitrogen and oxygen atoms in total. The molecule has 0 heterocycles. The molecule has 1 aliphatic carbocycles. The van der Waals surface area contributed by atoms with Crippen LogP contribution in [0.25, 0.3) is 0 Å². The summed E-state index contributed by atoms with van der Waals surface area (Å²) in [7, 11) is 0. The summed E-state index contributed by atoms with van der Waals surface area (Å²) in [5.41, 5.74) is 0.242. The van der Waals surface area contributed by atoms with Crippen LogP contribution in [-0.4, -0.2) is 10.9 Å². The van der Waals surface area contributed by atoms with Crippen LogP contribution < -0.4 is 4.74 Å². The van der Waals surface area contributed by atoms with Crippen molar-refractivity contribution >= 4 is 39.1 Å². The lowest BCUT2D eigenvalue weighted by Gasteiger charge is -2.52. The number of rotatable bonds is 4. The molecular weight excluding hydrogens is 335 g/mol. The molecule has 2 rings (SSSR count). The molecule has 1 fully saturated rings. The molecule has 0 radical (unpaired) electrons. The van der Waals surface area contributed by atoms with E-state index in [2.05, 4.69) is 29.8 Å². The summed E-state index contributed by atoms with van der Waals surface area (Å²) in [4.78, 5) is 0.549. The summed E-state index contributed by atoms with van der Waals surface area (Å²) in [6.45, 7) is 4.45. The third-order valence-electron chi connectivity index (χ3n) is 4.17. The van der Waals surface area contributed by atoms with Crippen LogP contribution in [0.4, 0.5) is 0 Å². The Hall–Kier alpha value is 0.0800. The number of hydrogen-bond acceptors (Lipinski definition) is 1. The van der Waals surface area contributed by atoms with Gasteiger partial charge in [-0.15, -0.1) is 0 Å². The maximum Gasteiger partial charge on any atom is 0.121 e. The van der Waals surface area contributed by atoms with E-state index in [1.54, 1.807) is 12.1 Å². The third kappa shape index (κ3) is 2.39. The molecule has 100 valence electrons. The minimum absolute atomic E-state index is 0.242. The summed E-state index contributed by atoms with van der Waals surface area (Å²) in [6, 6.07) is 5.45. The first-order valence-corrected chi connectivity index (χ1v) is 7.96. The minimum Gasteiger partial charge on any atom is -0.490 e. The minimum atomic E-state index is 0.242. The van der Waals surface area contributed by atoms with Gasteiger partial charge >= 0.3 is 0 Å². The largest absolute Gasteiger partial charge is 0.490 e. The number of halogens is 3. The van der Waals surface area contributed by atoms with Crippen LogP contribution in [0, 0.1) is 5.41 Å². The zero-order chi connectivity index (χ0) is 13.3. The average molecular weight is 352 g/mol. The van der Waals surface area contributed by atoms with Crippen molar-refractivity contribution in [3.8, 4) is 5.75 Å². The molecule has 0 amide bonds. The molecule has 0 bridgehead atoms. The van der Waals surface area contributed by atoms with E-state index < -0.39 is 0 Å². The van der Waals surface area contributed by atoms with Crippen molar-refractivity contribution < 1.29 is 4.74 Å². The maximum absolute atomic E-state index is 6.08. The Bertz CT molecular complexity index is 432. The quantitative estimate of drug-likeness (QED) is 0.631. The zero-order valence-electron chi connectivity index (χ0n) is 10.6. The molecule has 2 atom stereocenters. The van der Waals surface area contributed by atoms with Crippen LogP contribution in [0.15, 0.2) is 18.2 Å². The Kier molecular flexibility index (Phi) is 4.51. The Labute approximate surface area is 127 Å². The van der Waals surface area contributed by atoms with Crippen LogP contribution in [0.3, 0.4) is 0 Å². The second-order valence-corrected chi connectivity index (χ2v) is 6.75. The SMILES string of the molecule is CCC1(CC)C(Br)CC1Oc1ccc(Cl)c(Cl)c1. The van der Waals surface area contributed by atoms with Gasteiger partial charge in [0.25, 0.3) is 0 Å². The van der Waals surface area contributed by atoms with Crippen LogP contribution in [-0.2, 0) is 0 Å². The van der Waals surface area contributed by atoms with Gasteiger partial charge in [-0.3, -0.25) is 0 Å². The molecule has 1 aromatic carbocycles. The van der Waals surface area contributed by atoms with Crippen LogP contribution in [0.2, 0.25) is 10.0 Å². The van der Waals surface area contributed by atoms with E-state index >= 15 is 0 Å². The molecular formula is C14H17BrCl2O. The van der Waals surface area contributed by atoms with Crippen molar-refractivity contribution in [3.05, 3.63) is 28.2 Å². The summed E-state index contributed by atoms with van der Waals surface area (Å²) >= 11 is 15.7. The van der Waals surface area contributed by atoms with E-state index in [1.807, 2.05) is 6.07 Å². The Morgan fingerprint density at radius 2 is 1.94 bits per heavy atom. The molecule has 0 spiro atoms. The second kappa shape index (κ2) is 5.60. The van der Waals surface area contributed by atoms with Crippen molar-refractivity contribution in [3.63, 3.8) is 0 Å². The first-order valence-electron chi connectivity index (χ1n) is 6.29. The summed E-state index contributed by atoms with van der Waals surface area (Å²) in [5, 5.41) is 1.11. The summed E-state index contributed by atoms with van der Waals surface area (Å²) < 4.78 is 6.08. The number of alkyl halides is 1. The fourth-order valence-corrected chi connectivity index (χ4v) is 4.30. The third-order valence-corrected chi connectivity index (χ3v) is 6.20. The van der Waals surface area contributed by atoms with E-state index in [4.69, 9.17) is 27.9 Å². The maximum atomic E-state index is 6.08. The Morgan fingerprint density at radius 3 is 2.44 bits per heavy atom. The van der Waals surface area contributed by atoms with Crippen LogP contribution in [0.1, 0.15) is 33.1 Å².